The van der Waals surface area contributed by atoms with Crippen LogP contribution >= 0.6 is 0 Å². The Balaban J connectivity index is 1.91. The molecule has 0 fully saturated rings. The first-order chi connectivity index (χ1) is 13.4. The van der Waals surface area contributed by atoms with E-state index in [2.05, 4.69) is 68.8 Å². The van der Waals surface area contributed by atoms with Crippen molar-refractivity contribution in [2.45, 2.75) is 52.7 Å². The molecule has 0 bridgehead atoms. The summed E-state index contributed by atoms with van der Waals surface area (Å²) in [6.45, 7) is 10.4. The van der Waals surface area contributed by atoms with Crippen molar-refractivity contribution in [2.24, 2.45) is 10.2 Å². The monoisotopic (exact) mass is 381 g/mol. The fraction of sp³-hybridized carbons (Fsp3) is 0.450. The molecule has 0 aliphatic carbocycles. The fourth-order valence-corrected chi connectivity index (χ4v) is 3.29. The first kappa shape index (κ1) is 19.7. The molecule has 3 aromatic rings. The van der Waals surface area contributed by atoms with Gasteiger partial charge in [0.05, 0.1) is 13.2 Å². The molecule has 3 rings (SSSR count). The molecular formula is C20H27N7O. The average molecular weight is 381 g/mol. The van der Waals surface area contributed by atoms with Crippen molar-refractivity contribution < 1.29 is 4.74 Å². The van der Waals surface area contributed by atoms with Crippen LogP contribution in [0.3, 0.4) is 0 Å². The minimum atomic E-state index is -0.145. The summed E-state index contributed by atoms with van der Waals surface area (Å²) in [6, 6.07) is 8.66. The number of ether oxygens (including phenoxy) is 1. The molecule has 148 valence electrons. The van der Waals surface area contributed by atoms with Gasteiger partial charge in [-0.3, -0.25) is 0 Å². The average Bonchev–Trinajstić information content (AvgIpc) is 3.09. The number of para-hydroxylation sites is 1. The molecule has 0 amide bonds. The maximum absolute atomic E-state index is 5.25. The summed E-state index contributed by atoms with van der Waals surface area (Å²) in [7, 11) is 1.53. The fourth-order valence-electron chi connectivity index (χ4n) is 3.29. The second kappa shape index (κ2) is 8.33. The molecule has 1 atom stereocenters. The summed E-state index contributed by atoms with van der Waals surface area (Å²) in [5.74, 6) is 0.769. The number of aromatic amines is 1. The third-order valence-corrected chi connectivity index (χ3v) is 4.51. The van der Waals surface area contributed by atoms with E-state index < -0.39 is 0 Å². The molecule has 1 aromatic carbocycles. The lowest BCUT2D eigenvalue weighted by atomic mass is 10.1. The van der Waals surface area contributed by atoms with E-state index in [0.717, 1.165) is 16.5 Å². The van der Waals surface area contributed by atoms with Crippen LogP contribution in [0.25, 0.3) is 10.9 Å². The van der Waals surface area contributed by atoms with E-state index in [0.29, 0.717) is 5.95 Å². The van der Waals surface area contributed by atoms with Crippen LogP contribution in [0, 0.1) is 0 Å². The maximum atomic E-state index is 5.25. The van der Waals surface area contributed by atoms with Crippen molar-refractivity contribution in [3.05, 3.63) is 36.0 Å². The van der Waals surface area contributed by atoms with Gasteiger partial charge in [0.15, 0.2) is 0 Å². The van der Waals surface area contributed by atoms with Crippen molar-refractivity contribution in [1.29, 1.82) is 0 Å². The number of H-pyrrole nitrogens is 1. The predicted molar refractivity (Wildman–Crippen MR) is 110 cm³/mol. The topological polar surface area (TPSA) is 91.7 Å². The lowest BCUT2D eigenvalue weighted by Gasteiger charge is -2.30. The maximum Gasteiger partial charge on any atom is 0.322 e. The number of aromatic nitrogens is 4. The highest BCUT2D eigenvalue weighted by Crippen LogP contribution is 2.28. The number of anilines is 1. The third-order valence-electron chi connectivity index (χ3n) is 4.51. The molecule has 0 radical (unpaired) electrons. The van der Waals surface area contributed by atoms with E-state index in [1.807, 2.05) is 31.3 Å². The number of azo groups is 1. The van der Waals surface area contributed by atoms with E-state index in [1.165, 1.54) is 7.11 Å². The zero-order valence-corrected chi connectivity index (χ0v) is 17.2. The van der Waals surface area contributed by atoms with Crippen molar-refractivity contribution >= 4 is 22.8 Å². The van der Waals surface area contributed by atoms with Gasteiger partial charge < -0.3 is 14.6 Å². The molecule has 0 aliphatic heterocycles. The minimum Gasteiger partial charge on any atom is -0.467 e. The molecule has 1 unspecified atom stereocenters. The number of benzene rings is 1. The SMILES string of the molecule is COc1nc(N=NC(C)c2c[nH]c3ccccc23)nc(N(C(C)C)C(C)C)n1. The number of hydrogen-bond donors (Lipinski definition) is 1. The Kier molecular flexibility index (Phi) is 5.87. The highest BCUT2D eigenvalue weighted by atomic mass is 16.5. The molecule has 0 spiro atoms. The predicted octanol–water partition coefficient (Wildman–Crippen LogP) is 4.83. The van der Waals surface area contributed by atoms with Gasteiger partial charge >= 0.3 is 6.01 Å². The summed E-state index contributed by atoms with van der Waals surface area (Å²) in [4.78, 5) is 18.5. The van der Waals surface area contributed by atoms with Gasteiger partial charge in [-0.1, -0.05) is 18.2 Å². The zero-order valence-electron chi connectivity index (χ0n) is 17.2. The van der Waals surface area contributed by atoms with E-state index in [1.54, 1.807) is 0 Å². The van der Waals surface area contributed by atoms with E-state index >= 15 is 0 Å². The number of fused-ring (bicyclic) bond motifs is 1. The Morgan fingerprint density at radius 3 is 2.39 bits per heavy atom. The van der Waals surface area contributed by atoms with Crippen molar-refractivity contribution in [3.63, 3.8) is 0 Å². The third kappa shape index (κ3) is 4.11. The Labute approximate surface area is 165 Å². The van der Waals surface area contributed by atoms with Crippen molar-refractivity contribution in [1.82, 2.24) is 19.9 Å². The lowest BCUT2D eigenvalue weighted by Crippen LogP contribution is -2.38. The largest absolute Gasteiger partial charge is 0.467 e. The molecule has 28 heavy (non-hydrogen) atoms. The van der Waals surface area contributed by atoms with Crippen LogP contribution in [0.4, 0.5) is 11.9 Å². The normalized spacial score (nSPS) is 13.0. The molecule has 0 saturated heterocycles. The van der Waals surface area contributed by atoms with Crippen LogP contribution in [0.2, 0.25) is 0 Å². The number of rotatable bonds is 7. The Bertz CT molecular complexity index is 956. The number of hydrogen-bond acceptors (Lipinski definition) is 7. The first-order valence-electron chi connectivity index (χ1n) is 9.46. The van der Waals surface area contributed by atoms with E-state index in [4.69, 9.17) is 4.74 Å². The minimum absolute atomic E-state index is 0.145. The number of methoxy groups -OCH3 is 1. The molecule has 8 nitrogen and oxygen atoms in total. The zero-order chi connectivity index (χ0) is 20.3. The van der Waals surface area contributed by atoms with Gasteiger partial charge in [-0.15, -0.1) is 5.11 Å². The van der Waals surface area contributed by atoms with Crippen LogP contribution < -0.4 is 9.64 Å². The Morgan fingerprint density at radius 2 is 1.71 bits per heavy atom. The van der Waals surface area contributed by atoms with Crippen molar-refractivity contribution in [2.75, 3.05) is 12.0 Å². The van der Waals surface area contributed by atoms with E-state index in [-0.39, 0.29) is 30.1 Å². The number of nitrogens with zero attached hydrogens (tertiary/aromatic N) is 6. The first-order valence-corrected chi connectivity index (χ1v) is 9.46. The van der Waals surface area contributed by atoms with Crippen LogP contribution in [0.15, 0.2) is 40.7 Å². The standard InChI is InChI=1S/C20H27N7O/c1-12(2)27(13(3)4)19-22-18(23-20(24-19)28-6)26-25-14(5)16-11-21-17-10-8-7-9-15(16)17/h7-14,21H,1-6H3. The quantitative estimate of drug-likeness (QED) is 0.592. The van der Waals surface area contributed by atoms with Gasteiger partial charge in [0.2, 0.25) is 5.95 Å². The van der Waals surface area contributed by atoms with Crippen LogP contribution in [0.1, 0.15) is 46.2 Å². The summed E-state index contributed by atoms with van der Waals surface area (Å²) >= 11 is 0. The molecule has 2 aromatic heterocycles. The smallest absolute Gasteiger partial charge is 0.322 e. The van der Waals surface area contributed by atoms with Gasteiger partial charge in [0, 0.05) is 34.7 Å². The lowest BCUT2D eigenvalue weighted by molar-refractivity contribution is 0.377. The summed E-state index contributed by atoms with van der Waals surface area (Å²) in [6.07, 6.45) is 1.97. The summed E-state index contributed by atoms with van der Waals surface area (Å²) in [5.41, 5.74) is 2.15. The molecule has 0 aliphatic rings. The van der Waals surface area contributed by atoms with Gasteiger partial charge in [-0.2, -0.15) is 20.1 Å². The van der Waals surface area contributed by atoms with Crippen molar-refractivity contribution in [3.8, 4) is 6.01 Å². The van der Waals surface area contributed by atoms with Gasteiger partial charge in [-0.25, -0.2) is 0 Å². The van der Waals surface area contributed by atoms with Crippen LogP contribution in [-0.4, -0.2) is 39.1 Å². The summed E-state index contributed by atoms with van der Waals surface area (Å²) in [5, 5.41) is 9.85. The summed E-state index contributed by atoms with van der Waals surface area (Å²) < 4.78 is 5.25. The van der Waals surface area contributed by atoms with Gasteiger partial charge in [0.1, 0.15) is 0 Å². The highest BCUT2D eigenvalue weighted by molar-refractivity contribution is 5.83. The van der Waals surface area contributed by atoms with Crippen LogP contribution in [0.5, 0.6) is 6.01 Å². The highest BCUT2D eigenvalue weighted by Gasteiger charge is 2.20. The molecule has 8 heteroatoms. The second-order valence-corrected chi connectivity index (χ2v) is 7.20. The van der Waals surface area contributed by atoms with Gasteiger partial charge in [-0.05, 0) is 40.7 Å². The van der Waals surface area contributed by atoms with E-state index in [9.17, 15) is 0 Å². The molecule has 2 heterocycles. The van der Waals surface area contributed by atoms with Crippen LogP contribution in [-0.2, 0) is 0 Å². The Hall–Kier alpha value is -3.03. The molecular weight excluding hydrogens is 354 g/mol. The van der Waals surface area contributed by atoms with Gasteiger partial charge in [0.25, 0.3) is 5.95 Å². The molecule has 0 saturated carbocycles. The second-order valence-electron chi connectivity index (χ2n) is 7.20. The number of nitrogens with one attached hydrogen (secondary N) is 1. The molecule has 1 N–H and O–H groups in total. The Morgan fingerprint density at radius 1 is 1.00 bits per heavy atom.